The normalized spacial score (nSPS) is 12.2. The lowest BCUT2D eigenvalue weighted by atomic mass is 10.2. The molecule has 0 spiro atoms. The van der Waals surface area contributed by atoms with Crippen LogP contribution in [0.4, 0.5) is 5.69 Å². The first-order chi connectivity index (χ1) is 12.5. The average Bonchev–Trinajstić information content (AvgIpc) is 2.63. The number of aryl methyl sites for hydroxylation is 1. The Bertz CT molecular complexity index is 1080. The molecule has 0 aliphatic rings. The summed E-state index contributed by atoms with van der Waals surface area (Å²) in [5.41, 5.74) is 0.943. The van der Waals surface area contributed by atoms with Gasteiger partial charge in [0.1, 0.15) is 0 Å². The number of amides is 1. The highest BCUT2D eigenvalue weighted by molar-refractivity contribution is 7.89. The van der Waals surface area contributed by atoms with Crippen LogP contribution < -0.4 is 10.0 Å². The molecule has 2 rings (SSSR count). The molecule has 0 saturated carbocycles. The summed E-state index contributed by atoms with van der Waals surface area (Å²) < 4.78 is 51.8. The lowest BCUT2D eigenvalue weighted by Crippen LogP contribution is -2.23. The molecule has 1 amide bonds. The third-order valence-electron chi connectivity index (χ3n) is 3.88. The summed E-state index contributed by atoms with van der Waals surface area (Å²) in [6.45, 7) is 1.64. The number of anilines is 1. The highest BCUT2D eigenvalue weighted by atomic mass is 32.2. The second-order valence-corrected chi connectivity index (χ2v) is 9.96. The molecule has 27 heavy (non-hydrogen) atoms. The Morgan fingerprint density at radius 3 is 2.26 bits per heavy atom. The second-order valence-electron chi connectivity index (χ2n) is 5.96. The van der Waals surface area contributed by atoms with E-state index < -0.39 is 26.0 Å². The molecule has 0 saturated heterocycles. The van der Waals surface area contributed by atoms with Gasteiger partial charge in [0, 0.05) is 25.3 Å². The summed E-state index contributed by atoms with van der Waals surface area (Å²) in [6, 6.07) is 10.1. The topological polar surface area (TPSA) is 113 Å². The molecule has 0 aliphatic carbocycles. The lowest BCUT2D eigenvalue weighted by Gasteiger charge is -2.13. The van der Waals surface area contributed by atoms with Crippen LogP contribution in [0.2, 0.25) is 0 Å². The van der Waals surface area contributed by atoms with Gasteiger partial charge in [0.2, 0.25) is 20.0 Å². The second kappa shape index (κ2) is 7.77. The first-order valence-electron chi connectivity index (χ1n) is 7.87. The predicted molar refractivity (Wildman–Crippen MR) is 103 cm³/mol. The van der Waals surface area contributed by atoms with Crippen molar-refractivity contribution in [2.75, 3.05) is 26.5 Å². The van der Waals surface area contributed by atoms with Crippen molar-refractivity contribution in [1.82, 2.24) is 9.03 Å². The third-order valence-corrected chi connectivity index (χ3v) is 7.25. The van der Waals surface area contributed by atoms with Crippen molar-refractivity contribution in [2.24, 2.45) is 0 Å². The molecule has 0 radical (unpaired) electrons. The van der Waals surface area contributed by atoms with Crippen LogP contribution in [0.1, 0.15) is 15.9 Å². The van der Waals surface area contributed by atoms with Gasteiger partial charge in [-0.2, -0.15) is 0 Å². The molecule has 0 unspecified atom stereocenters. The standard InChI is InChI=1S/C17H21N3O5S2/c1-12-8-9-14(11-16(12)26(22,23)18-2)19-17(21)13-6-5-7-15(10-13)27(24,25)20(3)4/h5-11,18H,1-4H3,(H,19,21). The number of nitrogens with one attached hydrogen (secondary N) is 2. The first kappa shape index (κ1) is 21.0. The van der Waals surface area contributed by atoms with E-state index in [9.17, 15) is 21.6 Å². The molecular formula is C17H21N3O5S2. The van der Waals surface area contributed by atoms with E-state index in [1.54, 1.807) is 19.1 Å². The van der Waals surface area contributed by atoms with Crippen LogP contribution in [0.3, 0.4) is 0 Å². The Labute approximate surface area is 159 Å². The predicted octanol–water partition coefficient (Wildman–Crippen LogP) is 1.41. The van der Waals surface area contributed by atoms with Gasteiger partial charge in [-0.1, -0.05) is 12.1 Å². The van der Waals surface area contributed by atoms with Crippen molar-refractivity contribution in [3.8, 4) is 0 Å². The van der Waals surface area contributed by atoms with E-state index in [1.165, 1.54) is 51.5 Å². The number of nitrogens with zero attached hydrogens (tertiary/aromatic N) is 1. The van der Waals surface area contributed by atoms with Crippen LogP contribution >= 0.6 is 0 Å². The van der Waals surface area contributed by atoms with E-state index >= 15 is 0 Å². The Kier molecular flexibility index (Phi) is 6.05. The SMILES string of the molecule is CNS(=O)(=O)c1cc(NC(=O)c2cccc(S(=O)(=O)N(C)C)c2)ccc1C. The summed E-state index contributed by atoms with van der Waals surface area (Å²) in [4.78, 5) is 12.5. The number of carbonyl (C=O) groups excluding carboxylic acids is 1. The van der Waals surface area contributed by atoms with Crippen molar-refractivity contribution in [2.45, 2.75) is 16.7 Å². The highest BCUT2D eigenvalue weighted by Gasteiger charge is 2.19. The summed E-state index contributed by atoms with van der Waals surface area (Å²) in [5, 5.41) is 2.59. The minimum Gasteiger partial charge on any atom is -0.322 e. The highest BCUT2D eigenvalue weighted by Crippen LogP contribution is 2.21. The molecule has 10 heteroatoms. The van der Waals surface area contributed by atoms with Crippen LogP contribution in [-0.2, 0) is 20.0 Å². The molecule has 2 aromatic carbocycles. The number of rotatable bonds is 6. The Morgan fingerprint density at radius 2 is 1.67 bits per heavy atom. The zero-order valence-corrected chi connectivity index (χ0v) is 17.0. The molecule has 0 atom stereocenters. The summed E-state index contributed by atoms with van der Waals surface area (Å²) in [7, 11) is -3.24. The van der Waals surface area contributed by atoms with E-state index in [0.717, 1.165) is 4.31 Å². The van der Waals surface area contributed by atoms with Gasteiger partial charge in [-0.15, -0.1) is 0 Å². The van der Waals surface area contributed by atoms with Crippen molar-refractivity contribution >= 4 is 31.6 Å². The maximum absolute atomic E-state index is 12.5. The summed E-state index contributed by atoms with van der Waals surface area (Å²) in [5.74, 6) is -0.553. The molecular weight excluding hydrogens is 390 g/mol. The third kappa shape index (κ3) is 4.53. The fourth-order valence-electron chi connectivity index (χ4n) is 2.29. The molecule has 2 N–H and O–H groups in total. The number of sulfonamides is 2. The monoisotopic (exact) mass is 411 g/mol. The average molecular weight is 412 g/mol. The minimum atomic E-state index is -3.68. The fraction of sp³-hybridized carbons (Fsp3) is 0.235. The van der Waals surface area contributed by atoms with Crippen LogP contribution in [0.25, 0.3) is 0 Å². The zero-order chi connectivity index (χ0) is 20.4. The number of hydrogen-bond donors (Lipinski definition) is 2. The fourth-order valence-corrected chi connectivity index (χ4v) is 4.23. The number of benzene rings is 2. The smallest absolute Gasteiger partial charge is 0.255 e. The van der Waals surface area contributed by atoms with Crippen molar-refractivity contribution in [3.63, 3.8) is 0 Å². The maximum atomic E-state index is 12.5. The summed E-state index contributed by atoms with van der Waals surface area (Å²) >= 11 is 0. The van der Waals surface area contributed by atoms with Crippen molar-refractivity contribution < 1.29 is 21.6 Å². The molecule has 0 bridgehead atoms. The Morgan fingerprint density at radius 1 is 1.00 bits per heavy atom. The van der Waals surface area contributed by atoms with Crippen LogP contribution in [0.15, 0.2) is 52.3 Å². The lowest BCUT2D eigenvalue weighted by molar-refractivity contribution is 0.102. The van der Waals surface area contributed by atoms with E-state index in [2.05, 4.69) is 10.0 Å². The first-order valence-corrected chi connectivity index (χ1v) is 10.8. The van der Waals surface area contributed by atoms with Gasteiger partial charge < -0.3 is 5.32 Å². The van der Waals surface area contributed by atoms with Crippen LogP contribution in [-0.4, -0.2) is 48.2 Å². The summed E-state index contributed by atoms with van der Waals surface area (Å²) in [6.07, 6.45) is 0. The molecule has 0 fully saturated rings. The molecule has 0 aromatic heterocycles. The van der Waals surface area contributed by atoms with E-state index in [4.69, 9.17) is 0 Å². The largest absolute Gasteiger partial charge is 0.322 e. The zero-order valence-electron chi connectivity index (χ0n) is 15.3. The van der Waals surface area contributed by atoms with Gasteiger partial charge >= 0.3 is 0 Å². The van der Waals surface area contributed by atoms with E-state index in [1.807, 2.05) is 0 Å². The molecule has 0 aliphatic heterocycles. The quantitative estimate of drug-likeness (QED) is 0.746. The van der Waals surface area contributed by atoms with Gasteiger partial charge in [0.15, 0.2) is 0 Å². The molecule has 146 valence electrons. The molecule has 0 heterocycles. The van der Waals surface area contributed by atoms with Crippen molar-refractivity contribution in [1.29, 1.82) is 0 Å². The van der Waals surface area contributed by atoms with Gasteiger partial charge in [0.05, 0.1) is 9.79 Å². The number of hydrogen-bond acceptors (Lipinski definition) is 5. The van der Waals surface area contributed by atoms with Gasteiger partial charge in [0.25, 0.3) is 5.91 Å². The molecule has 8 nitrogen and oxygen atoms in total. The van der Waals surface area contributed by atoms with Crippen LogP contribution in [0, 0.1) is 6.92 Å². The molecule has 2 aromatic rings. The van der Waals surface area contributed by atoms with E-state index in [-0.39, 0.29) is 21.0 Å². The number of carbonyl (C=O) groups is 1. The van der Waals surface area contributed by atoms with Gasteiger partial charge in [-0.3, -0.25) is 4.79 Å². The Balaban J connectivity index is 2.35. The van der Waals surface area contributed by atoms with Gasteiger partial charge in [-0.25, -0.2) is 25.9 Å². The minimum absolute atomic E-state index is 0.0116. The van der Waals surface area contributed by atoms with Crippen molar-refractivity contribution in [3.05, 3.63) is 53.6 Å². The van der Waals surface area contributed by atoms with Gasteiger partial charge in [-0.05, 0) is 49.9 Å². The van der Waals surface area contributed by atoms with E-state index in [0.29, 0.717) is 5.56 Å². The Hall–Kier alpha value is -2.27. The van der Waals surface area contributed by atoms with Crippen LogP contribution in [0.5, 0.6) is 0 Å². The maximum Gasteiger partial charge on any atom is 0.255 e.